The third-order valence-corrected chi connectivity index (χ3v) is 2.74. The molecule has 0 radical (unpaired) electrons. The minimum absolute atomic E-state index is 0.0526. The average molecular weight is 289 g/mol. The number of nitrogens with one attached hydrogen (secondary N) is 1. The first-order chi connectivity index (χ1) is 8.37. The zero-order valence-corrected chi connectivity index (χ0v) is 10.2. The second kappa shape index (κ2) is 9.03. The van der Waals surface area contributed by atoms with Crippen molar-refractivity contribution in [3.05, 3.63) is 0 Å². The van der Waals surface area contributed by atoms with Crippen molar-refractivity contribution in [1.29, 1.82) is 0 Å². The first-order valence-corrected chi connectivity index (χ1v) is 6.17. The fourth-order valence-electron chi connectivity index (χ4n) is 0.969. The van der Waals surface area contributed by atoms with Gasteiger partial charge in [-0.3, -0.25) is 4.79 Å². The molecule has 106 valence electrons. The highest BCUT2D eigenvalue weighted by Gasteiger charge is 2.27. The Labute approximate surface area is 106 Å². The van der Waals surface area contributed by atoms with E-state index in [-0.39, 0.29) is 13.0 Å². The van der Waals surface area contributed by atoms with E-state index in [9.17, 15) is 22.8 Å². The Kier molecular flexibility index (Phi) is 8.55. The minimum atomic E-state index is -4.33. The molecular formula is C9H14F3NO4S. The van der Waals surface area contributed by atoms with Crippen molar-refractivity contribution in [2.75, 3.05) is 24.7 Å². The molecule has 0 saturated heterocycles. The lowest BCUT2D eigenvalue weighted by molar-refractivity contribution is -0.172. The van der Waals surface area contributed by atoms with Gasteiger partial charge in [0.05, 0.1) is 6.61 Å². The predicted molar refractivity (Wildman–Crippen MR) is 59.4 cm³/mol. The van der Waals surface area contributed by atoms with Crippen LogP contribution in [0.2, 0.25) is 0 Å². The molecule has 5 nitrogen and oxygen atoms in total. The van der Waals surface area contributed by atoms with Crippen molar-refractivity contribution in [1.82, 2.24) is 5.32 Å². The van der Waals surface area contributed by atoms with Crippen LogP contribution in [0.1, 0.15) is 6.42 Å². The van der Waals surface area contributed by atoms with Crippen LogP contribution in [-0.4, -0.2) is 54.4 Å². The zero-order valence-electron chi connectivity index (χ0n) is 9.40. The van der Waals surface area contributed by atoms with Gasteiger partial charge in [-0.05, 0) is 12.2 Å². The Morgan fingerprint density at radius 3 is 2.61 bits per heavy atom. The second-order valence-electron chi connectivity index (χ2n) is 3.24. The molecule has 0 rings (SSSR count). The molecule has 1 unspecified atom stereocenters. The standard InChI is InChI=1S/C9H14F3NO4S/c10-9(11,12)5-17-2-4-18-3-1-7(8(15)16)13-6-14/h6-7H,1-5H2,(H,13,14)(H,15,16). The number of carboxylic acids is 1. The normalized spacial score (nSPS) is 13.1. The molecule has 0 aliphatic heterocycles. The van der Waals surface area contributed by atoms with E-state index in [1.54, 1.807) is 0 Å². The van der Waals surface area contributed by atoms with E-state index in [1.165, 1.54) is 11.8 Å². The maximum absolute atomic E-state index is 11.7. The Morgan fingerprint density at radius 2 is 2.11 bits per heavy atom. The quantitative estimate of drug-likeness (QED) is 0.461. The summed E-state index contributed by atoms with van der Waals surface area (Å²) in [7, 11) is 0. The highest BCUT2D eigenvalue weighted by Crippen LogP contribution is 2.14. The Morgan fingerprint density at radius 1 is 1.44 bits per heavy atom. The number of hydrogen-bond acceptors (Lipinski definition) is 4. The molecule has 18 heavy (non-hydrogen) atoms. The third kappa shape index (κ3) is 10.2. The van der Waals surface area contributed by atoms with E-state index in [0.29, 0.717) is 17.9 Å². The van der Waals surface area contributed by atoms with Gasteiger partial charge in [0, 0.05) is 5.75 Å². The van der Waals surface area contributed by atoms with Crippen molar-refractivity contribution < 1.29 is 32.6 Å². The molecule has 2 N–H and O–H groups in total. The van der Waals surface area contributed by atoms with Crippen LogP contribution in [0.4, 0.5) is 13.2 Å². The van der Waals surface area contributed by atoms with Crippen LogP contribution in [0.15, 0.2) is 0 Å². The van der Waals surface area contributed by atoms with Gasteiger partial charge in [0.2, 0.25) is 6.41 Å². The van der Waals surface area contributed by atoms with Gasteiger partial charge in [0.1, 0.15) is 12.6 Å². The number of amides is 1. The number of carbonyl (C=O) groups is 2. The first-order valence-electron chi connectivity index (χ1n) is 5.01. The summed E-state index contributed by atoms with van der Waals surface area (Å²) in [6.45, 7) is -1.33. The number of halogens is 3. The van der Waals surface area contributed by atoms with Gasteiger partial charge in [-0.1, -0.05) is 0 Å². The van der Waals surface area contributed by atoms with Crippen molar-refractivity contribution in [2.24, 2.45) is 0 Å². The van der Waals surface area contributed by atoms with E-state index in [2.05, 4.69) is 10.1 Å². The van der Waals surface area contributed by atoms with Crippen LogP contribution in [0, 0.1) is 0 Å². The summed E-state index contributed by atoms with van der Waals surface area (Å²) in [5.41, 5.74) is 0. The maximum atomic E-state index is 11.7. The predicted octanol–water partition coefficient (Wildman–Crippen LogP) is 0.888. The average Bonchev–Trinajstić information content (AvgIpc) is 2.24. The first kappa shape index (κ1) is 17.0. The SMILES string of the molecule is O=CNC(CCSCCOCC(F)(F)F)C(=O)O. The number of alkyl halides is 3. The second-order valence-corrected chi connectivity index (χ2v) is 4.47. The molecule has 0 spiro atoms. The van der Waals surface area contributed by atoms with Crippen LogP contribution < -0.4 is 5.32 Å². The number of rotatable bonds is 10. The van der Waals surface area contributed by atoms with E-state index in [1.807, 2.05) is 0 Å². The van der Waals surface area contributed by atoms with Crippen molar-refractivity contribution in [3.63, 3.8) is 0 Å². The number of aliphatic carboxylic acids is 1. The molecule has 0 fully saturated rings. The summed E-state index contributed by atoms with van der Waals surface area (Å²) < 4.78 is 39.4. The Hall–Kier alpha value is -0.960. The lowest BCUT2D eigenvalue weighted by Gasteiger charge is -2.10. The van der Waals surface area contributed by atoms with Gasteiger partial charge >= 0.3 is 12.1 Å². The Bertz CT molecular complexity index is 263. The van der Waals surface area contributed by atoms with Gasteiger partial charge in [-0.15, -0.1) is 0 Å². The topological polar surface area (TPSA) is 75.6 Å². The number of thioether (sulfide) groups is 1. The summed E-state index contributed by atoms with van der Waals surface area (Å²) in [5, 5.41) is 10.8. The number of carboxylic acid groups (broad SMARTS) is 1. The van der Waals surface area contributed by atoms with Crippen LogP contribution in [0.25, 0.3) is 0 Å². The largest absolute Gasteiger partial charge is 0.480 e. The lowest BCUT2D eigenvalue weighted by Crippen LogP contribution is -2.36. The van der Waals surface area contributed by atoms with Crippen LogP contribution >= 0.6 is 11.8 Å². The number of ether oxygens (including phenoxy) is 1. The molecule has 0 saturated carbocycles. The highest BCUT2D eigenvalue weighted by molar-refractivity contribution is 7.99. The molecule has 0 aliphatic carbocycles. The summed E-state index contributed by atoms with van der Waals surface area (Å²) in [4.78, 5) is 20.7. The Balaban J connectivity index is 3.49. The molecule has 0 aromatic heterocycles. The van der Waals surface area contributed by atoms with Gasteiger partial charge in [0.15, 0.2) is 0 Å². The van der Waals surface area contributed by atoms with Gasteiger partial charge in [0.25, 0.3) is 0 Å². The summed E-state index contributed by atoms with van der Waals surface area (Å²) in [6.07, 6.45) is -3.82. The molecule has 0 heterocycles. The maximum Gasteiger partial charge on any atom is 0.411 e. The highest BCUT2D eigenvalue weighted by atomic mass is 32.2. The van der Waals surface area contributed by atoms with E-state index in [4.69, 9.17) is 5.11 Å². The van der Waals surface area contributed by atoms with Gasteiger partial charge in [-0.2, -0.15) is 24.9 Å². The lowest BCUT2D eigenvalue weighted by atomic mass is 10.2. The monoisotopic (exact) mass is 289 g/mol. The molecule has 9 heteroatoms. The minimum Gasteiger partial charge on any atom is -0.480 e. The molecule has 1 amide bonds. The molecule has 0 aliphatic rings. The third-order valence-electron chi connectivity index (χ3n) is 1.76. The summed E-state index contributed by atoms with van der Waals surface area (Å²) in [5.74, 6) is -0.396. The number of carbonyl (C=O) groups excluding carboxylic acids is 1. The van der Waals surface area contributed by atoms with E-state index in [0.717, 1.165) is 0 Å². The smallest absolute Gasteiger partial charge is 0.411 e. The van der Waals surface area contributed by atoms with E-state index < -0.39 is 24.8 Å². The van der Waals surface area contributed by atoms with Crippen LogP contribution in [-0.2, 0) is 14.3 Å². The van der Waals surface area contributed by atoms with Crippen molar-refractivity contribution in [3.8, 4) is 0 Å². The molecule has 0 aromatic rings. The zero-order chi connectivity index (χ0) is 14.0. The van der Waals surface area contributed by atoms with Gasteiger partial charge < -0.3 is 15.2 Å². The molecular weight excluding hydrogens is 275 g/mol. The molecule has 1 atom stereocenters. The van der Waals surface area contributed by atoms with Crippen molar-refractivity contribution >= 4 is 24.1 Å². The van der Waals surface area contributed by atoms with Crippen LogP contribution in [0.3, 0.4) is 0 Å². The fraction of sp³-hybridized carbons (Fsp3) is 0.778. The van der Waals surface area contributed by atoms with Crippen molar-refractivity contribution in [2.45, 2.75) is 18.6 Å². The van der Waals surface area contributed by atoms with Crippen LogP contribution in [0.5, 0.6) is 0 Å². The van der Waals surface area contributed by atoms with Gasteiger partial charge in [-0.25, -0.2) is 4.79 Å². The summed E-state index contributed by atoms with van der Waals surface area (Å²) >= 11 is 1.26. The molecule has 0 bridgehead atoms. The fourth-order valence-corrected chi connectivity index (χ4v) is 1.81. The summed E-state index contributed by atoms with van der Waals surface area (Å²) in [6, 6.07) is -0.967. The number of hydrogen-bond donors (Lipinski definition) is 2. The molecule has 0 aromatic carbocycles. The van der Waals surface area contributed by atoms with E-state index >= 15 is 0 Å².